The second kappa shape index (κ2) is 5.92. The molecule has 0 unspecified atom stereocenters. The van der Waals surface area contributed by atoms with Crippen LogP contribution in [0, 0.1) is 5.92 Å². The van der Waals surface area contributed by atoms with Crippen LogP contribution >= 0.6 is 11.8 Å². The lowest BCUT2D eigenvalue weighted by atomic mass is 9.97. The molecule has 4 heteroatoms. The van der Waals surface area contributed by atoms with Gasteiger partial charge >= 0.3 is 0 Å². The normalized spacial score (nSPS) is 30.3. The van der Waals surface area contributed by atoms with Crippen molar-refractivity contribution in [3.63, 3.8) is 0 Å². The summed E-state index contributed by atoms with van der Waals surface area (Å²) in [6, 6.07) is 0.504. The average molecular weight is 242 g/mol. The SMILES string of the molecule is CCN(C(=O)[C@H]1CCCNC1)[C@@H]1CCSC1. The van der Waals surface area contributed by atoms with E-state index in [0.29, 0.717) is 11.9 Å². The fourth-order valence-electron chi connectivity index (χ4n) is 2.66. The molecule has 0 radical (unpaired) electrons. The van der Waals surface area contributed by atoms with Gasteiger partial charge in [0, 0.05) is 24.9 Å². The lowest BCUT2D eigenvalue weighted by molar-refractivity contribution is -0.137. The first-order chi connectivity index (χ1) is 7.83. The van der Waals surface area contributed by atoms with E-state index in [1.807, 2.05) is 11.8 Å². The van der Waals surface area contributed by atoms with E-state index in [2.05, 4.69) is 17.1 Å². The molecule has 92 valence electrons. The molecule has 2 aliphatic heterocycles. The molecule has 2 fully saturated rings. The zero-order chi connectivity index (χ0) is 11.4. The first-order valence-electron chi connectivity index (χ1n) is 6.42. The van der Waals surface area contributed by atoms with Crippen molar-refractivity contribution in [1.82, 2.24) is 10.2 Å². The molecule has 0 aromatic rings. The summed E-state index contributed by atoms with van der Waals surface area (Å²) in [7, 11) is 0. The Morgan fingerprint density at radius 3 is 2.94 bits per heavy atom. The summed E-state index contributed by atoms with van der Waals surface area (Å²) in [6.07, 6.45) is 3.40. The number of hydrogen-bond acceptors (Lipinski definition) is 3. The highest BCUT2D eigenvalue weighted by atomic mass is 32.2. The second-order valence-corrected chi connectivity index (χ2v) is 5.83. The molecule has 2 heterocycles. The zero-order valence-electron chi connectivity index (χ0n) is 10.1. The average Bonchev–Trinajstić information content (AvgIpc) is 2.85. The van der Waals surface area contributed by atoms with Gasteiger partial charge in [0.1, 0.15) is 0 Å². The van der Waals surface area contributed by atoms with Crippen LogP contribution in [0.2, 0.25) is 0 Å². The van der Waals surface area contributed by atoms with E-state index in [9.17, 15) is 4.79 Å². The zero-order valence-corrected chi connectivity index (χ0v) is 10.9. The minimum Gasteiger partial charge on any atom is -0.339 e. The predicted molar refractivity (Wildman–Crippen MR) is 68.7 cm³/mol. The van der Waals surface area contributed by atoms with Gasteiger partial charge in [-0.05, 0) is 38.5 Å². The Bertz CT molecular complexity index is 235. The number of nitrogens with one attached hydrogen (secondary N) is 1. The Balaban J connectivity index is 1.93. The van der Waals surface area contributed by atoms with Crippen LogP contribution in [-0.2, 0) is 4.79 Å². The highest BCUT2D eigenvalue weighted by Crippen LogP contribution is 2.24. The predicted octanol–water partition coefficient (Wildman–Crippen LogP) is 1.34. The van der Waals surface area contributed by atoms with E-state index < -0.39 is 0 Å². The van der Waals surface area contributed by atoms with Gasteiger partial charge < -0.3 is 10.2 Å². The van der Waals surface area contributed by atoms with E-state index in [-0.39, 0.29) is 5.92 Å². The van der Waals surface area contributed by atoms with Crippen molar-refractivity contribution < 1.29 is 4.79 Å². The highest BCUT2D eigenvalue weighted by molar-refractivity contribution is 7.99. The molecule has 2 atom stereocenters. The largest absolute Gasteiger partial charge is 0.339 e. The maximum atomic E-state index is 12.4. The Labute approximate surface area is 102 Å². The number of hydrogen-bond donors (Lipinski definition) is 1. The van der Waals surface area contributed by atoms with E-state index in [1.165, 1.54) is 12.2 Å². The van der Waals surface area contributed by atoms with Crippen LogP contribution in [0.3, 0.4) is 0 Å². The van der Waals surface area contributed by atoms with Gasteiger partial charge in [0.15, 0.2) is 0 Å². The fourth-order valence-corrected chi connectivity index (χ4v) is 3.88. The Kier molecular flexibility index (Phi) is 4.53. The van der Waals surface area contributed by atoms with E-state index in [1.54, 1.807) is 0 Å². The van der Waals surface area contributed by atoms with Gasteiger partial charge in [-0.2, -0.15) is 11.8 Å². The minimum absolute atomic E-state index is 0.235. The molecular weight excluding hydrogens is 220 g/mol. The molecule has 0 saturated carbocycles. The van der Waals surface area contributed by atoms with Crippen molar-refractivity contribution in [2.24, 2.45) is 5.92 Å². The number of carbonyl (C=O) groups excluding carboxylic acids is 1. The third kappa shape index (κ3) is 2.72. The Morgan fingerprint density at radius 2 is 2.38 bits per heavy atom. The minimum atomic E-state index is 0.235. The summed E-state index contributed by atoms with van der Waals surface area (Å²) in [5, 5.41) is 3.33. The third-order valence-electron chi connectivity index (χ3n) is 3.62. The van der Waals surface area contributed by atoms with Crippen molar-refractivity contribution in [1.29, 1.82) is 0 Å². The molecule has 0 aromatic heterocycles. The highest BCUT2D eigenvalue weighted by Gasteiger charge is 2.31. The van der Waals surface area contributed by atoms with Crippen LogP contribution in [0.1, 0.15) is 26.2 Å². The Morgan fingerprint density at radius 1 is 1.50 bits per heavy atom. The molecule has 0 bridgehead atoms. The lowest BCUT2D eigenvalue weighted by Gasteiger charge is -2.32. The maximum Gasteiger partial charge on any atom is 0.227 e. The maximum absolute atomic E-state index is 12.4. The van der Waals surface area contributed by atoms with Crippen LogP contribution in [-0.4, -0.2) is 48.0 Å². The van der Waals surface area contributed by atoms with Crippen LogP contribution in [0.25, 0.3) is 0 Å². The third-order valence-corrected chi connectivity index (χ3v) is 4.76. The molecular formula is C12H22N2OS. The molecule has 2 saturated heterocycles. The number of piperidine rings is 1. The molecule has 2 rings (SSSR count). The fraction of sp³-hybridized carbons (Fsp3) is 0.917. The quantitative estimate of drug-likeness (QED) is 0.810. The van der Waals surface area contributed by atoms with Crippen LogP contribution in [0.15, 0.2) is 0 Å². The molecule has 1 amide bonds. The smallest absolute Gasteiger partial charge is 0.227 e. The monoisotopic (exact) mass is 242 g/mol. The molecule has 0 aromatic carbocycles. The number of rotatable bonds is 3. The summed E-state index contributed by atoms with van der Waals surface area (Å²) in [5.41, 5.74) is 0. The van der Waals surface area contributed by atoms with Crippen molar-refractivity contribution in [3.05, 3.63) is 0 Å². The van der Waals surface area contributed by atoms with Gasteiger partial charge in [0.2, 0.25) is 5.91 Å². The van der Waals surface area contributed by atoms with Crippen LogP contribution in [0.4, 0.5) is 0 Å². The van der Waals surface area contributed by atoms with Crippen molar-refractivity contribution >= 4 is 17.7 Å². The summed E-state index contributed by atoms with van der Waals surface area (Å²) in [5.74, 6) is 2.98. The van der Waals surface area contributed by atoms with Crippen molar-refractivity contribution in [2.75, 3.05) is 31.1 Å². The van der Waals surface area contributed by atoms with Gasteiger partial charge in [-0.1, -0.05) is 0 Å². The topological polar surface area (TPSA) is 32.3 Å². The second-order valence-electron chi connectivity index (χ2n) is 4.68. The first-order valence-corrected chi connectivity index (χ1v) is 7.57. The molecule has 1 N–H and O–H groups in total. The lowest BCUT2D eigenvalue weighted by Crippen LogP contribution is -2.47. The number of carbonyl (C=O) groups is 1. The molecule has 0 spiro atoms. The summed E-state index contributed by atoms with van der Waals surface area (Å²) in [4.78, 5) is 14.5. The molecule has 16 heavy (non-hydrogen) atoms. The van der Waals surface area contributed by atoms with E-state index in [0.717, 1.165) is 38.2 Å². The van der Waals surface area contributed by atoms with Crippen LogP contribution in [0.5, 0.6) is 0 Å². The van der Waals surface area contributed by atoms with Gasteiger partial charge in [-0.25, -0.2) is 0 Å². The Hall–Kier alpha value is -0.220. The summed E-state index contributed by atoms with van der Waals surface area (Å²) >= 11 is 1.98. The number of nitrogens with zero attached hydrogens (tertiary/aromatic N) is 1. The first kappa shape index (κ1) is 12.2. The molecule has 3 nitrogen and oxygen atoms in total. The number of thioether (sulfide) groups is 1. The van der Waals surface area contributed by atoms with E-state index in [4.69, 9.17) is 0 Å². The molecule has 2 aliphatic rings. The van der Waals surface area contributed by atoms with Gasteiger partial charge in [0.25, 0.3) is 0 Å². The van der Waals surface area contributed by atoms with Gasteiger partial charge in [0.05, 0.1) is 5.92 Å². The van der Waals surface area contributed by atoms with E-state index >= 15 is 0 Å². The number of amides is 1. The van der Waals surface area contributed by atoms with Crippen molar-refractivity contribution in [2.45, 2.75) is 32.2 Å². The van der Waals surface area contributed by atoms with Crippen molar-refractivity contribution in [3.8, 4) is 0 Å². The summed E-state index contributed by atoms with van der Waals surface area (Å²) in [6.45, 7) is 4.95. The van der Waals surface area contributed by atoms with Gasteiger partial charge in [-0.3, -0.25) is 4.79 Å². The summed E-state index contributed by atoms with van der Waals surface area (Å²) < 4.78 is 0. The van der Waals surface area contributed by atoms with Crippen LogP contribution < -0.4 is 5.32 Å². The molecule has 0 aliphatic carbocycles. The standard InChI is InChI=1S/C12H22N2OS/c1-2-14(11-5-7-16-9-11)12(15)10-4-3-6-13-8-10/h10-11,13H,2-9H2,1H3/t10-,11+/m0/s1. The van der Waals surface area contributed by atoms with Gasteiger partial charge in [-0.15, -0.1) is 0 Å².